The number of Topliss-reactive ketones (excluding diaryl/α,β-unsaturated/α-hetero) is 1. The molecule has 4 aliphatic rings. The highest BCUT2D eigenvalue weighted by Crippen LogP contribution is 2.45. The van der Waals surface area contributed by atoms with Crippen molar-refractivity contribution in [3.63, 3.8) is 0 Å². The summed E-state index contributed by atoms with van der Waals surface area (Å²) in [6, 6.07) is -1.07. The number of nitrogens with one attached hydrogen (secondary N) is 3. The summed E-state index contributed by atoms with van der Waals surface area (Å²) >= 11 is 1.40. The van der Waals surface area contributed by atoms with E-state index in [0.717, 1.165) is 0 Å². The smallest absolute Gasteiger partial charge is 0.333 e. The predicted octanol–water partition coefficient (Wildman–Crippen LogP) is 0.318. The molecule has 3 N–H and O–H groups in total. The molecule has 0 bridgehead atoms. The maximum Gasteiger partial charge on any atom is 0.366 e. The molecule has 11 nitrogen and oxygen atoms in total. The van der Waals surface area contributed by atoms with Gasteiger partial charge in [0.25, 0.3) is 11.8 Å². The van der Waals surface area contributed by atoms with Crippen LogP contribution in [-0.4, -0.2) is 68.7 Å². The number of hydroxylamine groups is 2. The van der Waals surface area contributed by atoms with Crippen molar-refractivity contribution >= 4 is 47.3 Å². The lowest BCUT2D eigenvalue weighted by Gasteiger charge is -2.37. The Morgan fingerprint density at radius 3 is 2.52 bits per heavy atom. The molecular weight excluding hydrogens is 452 g/mol. The number of hydrogen-bond donors (Lipinski definition) is 3. The number of fused-ring (bicyclic) bond motifs is 2. The summed E-state index contributed by atoms with van der Waals surface area (Å²) in [6.45, 7) is 1.88. The van der Waals surface area contributed by atoms with Crippen LogP contribution in [0.15, 0.2) is 0 Å². The fraction of sp³-hybridized carbons (Fsp3) is 0.714. The largest absolute Gasteiger partial charge is 0.366 e. The van der Waals surface area contributed by atoms with Gasteiger partial charge in [-0.25, -0.2) is 9.59 Å². The van der Waals surface area contributed by atoms with Gasteiger partial charge in [0.15, 0.2) is 11.3 Å². The fourth-order valence-electron chi connectivity index (χ4n) is 4.98. The lowest BCUT2D eigenvalue weighted by Crippen LogP contribution is -2.66. The Balaban J connectivity index is 1.68. The minimum Gasteiger partial charge on any atom is -0.333 e. The minimum absolute atomic E-state index is 0.0113. The molecule has 4 atom stereocenters. The Kier molecular flexibility index (Phi) is 6.39. The molecule has 4 fully saturated rings. The second-order valence-corrected chi connectivity index (χ2v) is 10.3. The number of rotatable bonds is 5. The summed E-state index contributed by atoms with van der Waals surface area (Å²) in [5.41, 5.74) is -2.01. The molecule has 0 radical (unpaired) electrons. The number of imide groups is 1. The molecule has 180 valence electrons. The molecular formula is C21H28N4O7S. The van der Waals surface area contributed by atoms with E-state index >= 15 is 0 Å². The van der Waals surface area contributed by atoms with Crippen LogP contribution in [0.3, 0.4) is 0 Å². The van der Waals surface area contributed by atoms with Gasteiger partial charge >= 0.3 is 12.0 Å². The van der Waals surface area contributed by atoms with Gasteiger partial charge in [0.1, 0.15) is 4.75 Å². The average Bonchev–Trinajstić information content (AvgIpc) is 3.43. The fourth-order valence-corrected chi connectivity index (χ4v) is 6.60. The number of urea groups is 1. The van der Waals surface area contributed by atoms with E-state index in [9.17, 15) is 28.8 Å². The van der Waals surface area contributed by atoms with Crippen molar-refractivity contribution < 1.29 is 33.6 Å². The Bertz CT molecular complexity index is 895. The van der Waals surface area contributed by atoms with Gasteiger partial charge < -0.3 is 20.8 Å². The van der Waals surface area contributed by atoms with E-state index < -0.39 is 45.8 Å². The average molecular weight is 481 g/mol. The highest BCUT2D eigenvalue weighted by Gasteiger charge is 2.61. The molecule has 0 aliphatic carbocycles. The van der Waals surface area contributed by atoms with Crippen LogP contribution in [0.1, 0.15) is 64.7 Å². The van der Waals surface area contributed by atoms with Gasteiger partial charge in [0.2, 0.25) is 5.91 Å². The lowest BCUT2D eigenvalue weighted by molar-refractivity contribution is -0.203. The molecule has 5 amide bonds. The highest BCUT2D eigenvalue weighted by molar-refractivity contribution is 8.01. The number of unbranched alkanes of at least 4 members (excludes halogenated alkanes) is 1. The number of amides is 5. The third kappa shape index (κ3) is 3.98. The SMILES string of the molecule is CCCCC1(C(=O)ON2C(=O)CCC2=O)NC(=O)[C@@]2(CCCCC1=O)SC[C@@H]1NC(=O)N[C@@H]12. The normalized spacial score (nSPS) is 34.3. The molecule has 0 aromatic rings. The van der Waals surface area contributed by atoms with Crippen LogP contribution in [0.25, 0.3) is 0 Å². The van der Waals surface area contributed by atoms with Crippen LogP contribution in [0, 0.1) is 0 Å². The van der Waals surface area contributed by atoms with Gasteiger partial charge in [-0.15, -0.1) is 16.8 Å². The van der Waals surface area contributed by atoms with E-state index in [1.807, 2.05) is 6.92 Å². The number of thioether (sulfide) groups is 1. The second kappa shape index (κ2) is 8.96. The topological polar surface area (TPSA) is 151 Å². The summed E-state index contributed by atoms with van der Waals surface area (Å²) in [5, 5.41) is 8.75. The number of carbonyl (C=O) groups excluding carboxylic acids is 6. The van der Waals surface area contributed by atoms with E-state index in [2.05, 4.69) is 16.0 Å². The van der Waals surface area contributed by atoms with Gasteiger partial charge in [-0.3, -0.25) is 19.2 Å². The third-order valence-electron chi connectivity index (χ3n) is 6.85. The first-order valence-corrected chi connectivity index (χ1v) is 12.4. The summed E-state index contributed by atoms with van der Waals surface area (Å²) in [6.07, 6.45) is 2.40. The maximum atomic E-state index is 13.8. The molecule has 1 spiro atoms. The first kappa shape index (κ1) is 23.5. The number of carbonyl (C=O) groups is 6. The zero-order chi connectivity index (χ0) is 23.8. The first-order chi connectivity index (χ1) is 15.7. The van der Waals surface area contributed by atoms with Crippen molar-refractivity contribution in [2.45, 2.75) is 87.1 Å². The van der Waals surface area contributed by atoms with Crippen molar-refractivity contribution in [3.8, 4) is 0 Å². The van der Waals surface area contributed by atoms with Crippen LogP contribution >= 0.6 is 11.8 Å². The molecule has 1 unspecified atom stereocenters. The summed E-state index contributed by atoms with van der Waals surface area (Å²) in [7, 11) is 0. The molecule has 4 heterocycles. The van der Waals surface area contributed by atoms with E-state index in [1.165, 1.54) is 11.8 Å². The van der Waals surface area contributed by atoms with Crippen LogP contribution in [0.5, 0.6) is 0 Å². The molecule has 4 rings (SSSR count). The minimum atomic E-state index is -2.01. The van der Waals surface area contributed by atoms with Crippen LogP contribution < -0.4 is 16.0 Å². The Hall–Kier alpha value is -2.63. The molecule has 4 aliphatic heterocycles. The zero-order valence-corrected chi connectivity index (χ0v) is 19.3. The van der Waals surface area contributed by atoms with Crippen molar-refractivity contribution in [2.24, 2.45) is 0 Å². The molecule has 0 aromatic carbocycles. The zero-order valence-electron chi connectivity index (χ0n) is 18.4. The van der Waals surface area contributed by atoms with Crippen LogP contribution in [-0.2, 0) is 28.8 Å². The standard InChI is InChI=1S/C21H28N4O7S/c1-2-3-9-20(18(30)32-25-14(27)7-8-15(25)28)13(26)6-4-5-10-21(17(29)24-20)16-12(11-33-21)22-19(31)23-16/h12,16H,2-11H2,1H3,(H,24,29)(H2,22,23,31)/t12-,16-,20?,21-/m0/s1. The molecule has 4 saturated heterocycles. The van der Waals surface area contributed by atoms with Crippen molar-refractivity contribution in [1.29, 1.82) is 0 Å². The second-order valence-electron chi connectivity index (χ2n) is 8.96. The lowest BCUT2D eigenvalue weighted by atomic mass is 9.85. The predicted molar refractivity (Wildman–Crippen MR) is 115 cm³/mol. The number of hydrogen-bond acceptors (Lipinski definition) is 8. The van der Waals surface area contributed by atoms with Crippen molar-refractivity contribution in [2.75, 3.05) is 5.75 Å². The first-order valence-electron chi connectivity index (χ1n) is 11.4. The highest BCUT2D eigenvalue weighted by atomic mass is 32.2. The van der Waals surface area contributed by atoms with Gasteiger partial charge in [-0.2, -0.15) is 0 Å². The monoisotopic (exact) mass is 480 g/mol. The Morgan fingerprint density at radius 2 is 1.82 bits per heavy atom. The molecule has 33 heavy (non-hydrogen) atoms. The quantitative estimate of drug-likeness (QED) is 0.289. The third-order valence-corrected chi connectivity index (χ3v) is 8.54. The Labute approximate surface area is 195 Å². The Morgan fingerprint density at radius 1 is 1.09 bits per heavy atom. The van der Waals surface area contributed by atoms with Crippen LogP contribution in [0.2, 0.25) is 0 Å². The van der Waals surface area contributed by atoms with E-state index in [-0.39, 0.29) is 37.8 Å². The van der Waals surface area contributed by atoms with Crippen molar-refractivity contribution in [1.82, 2.24) is 21.0 Å². The summed E-state index contributed by atoms with van der Waals surface area (Å²) in [5.74, 6) is -2.95. The molecule has 0 aromatic heterocycles. The van der Waals surface area contributed by atoms with E-state index in [1.54, 1.807) is 0 Å². The number of nitrogens with zero attached hydrogens (tertiary/aromatic N) is 1. The van der Waals surface area contributed by atoms with E-state index in [4.69, 9.17) is 4.84 Å². The molecule has 12 heteroatoms. The van der Waals surface area contributed by atoms with Gasteiger partial charge in [-0.1, -0.05) is 26.2 Å². The van der Waals surface area contributed by atoms with E-state index in [0.29, 0.717) is 42.9 Å². The molecule has 0 saturated carbocycles. The summed E-state index contributed by atoms with van der Waals surface area (Å²) in [4.78, 5) is 81.6. The van der Waals surface area contributed by atoms with Gasteiger partial charge in [0, 0.05) is 25.0 Å². The van der Waals surface area contributed by atoms with Crippen molar-refractivity contribution in [3.05, 3.63) is 0 Å². The maximum absolute atomic E-state index is 13.8. The van der Waals surface area contributed by atoms with Gasteiger partial charge in [0.05, 0.1) is 12.1 Å². The van der Waals surface area contributed by atoms with Gasteiger partial charge in [-0.05, 0) is 19.3 Å². The van der Waals surface area contributed by atoms with Crippen LogP contribution in [0.4, 0.5) is 4.79 Å². The summed E-state index contributed by atoms with van der Waals surface area (Å²) < 4.78 is -1.05. The number of ketones is 1.